The van der Waals surface area contributed by atoms with Crippen molar-refractivity contribution in [2.24, 2.45) is 5.41 Å². The number of halogens is 1. The van der Waals surface area contributed by atoms with E-state index in [-0.39, 0.29) is 16.9 Å². The molecule has 2 amide bonds. The molecule has 0 saturated heterocycles. The summed E-state index contributed by atoms with van der Waals surface area (Å²) in [6.07, 6.45) is -3.45. The second kappa shape index (κ2) is 10.6. The van der Waals surface area contributed by atoms with Gasteiger partial charge < -0.3 is 30.7 Å². The van der Waals surface area contributed by atoms with Gasteiger partial charge in [-0.1, -0.05) is 39.0 Å². The quantitative estimate of drug-likeness (QED) is 0.388. The van der Waals surface area contributed by atoms with E-state index in [1.54, 1.807) is 12.1 Å². The van der Waals surface area contributed by atoms with Crippen LogP contribution >= 0.6 is 11.8 Å². The number of carbonyl (C=O) groups is 2. The Bertz CT molecular complexity index is 829. The van der Waals surface area contributed by atoms with E-state index in [4.69, 9.17) is 4.74 Å². The zero-order chi connectivity index (χ0) is 23.3. The molecule has 0 aliphatic carbocycles. The number of nitrogens with one attached hydrogen (secondary N) is 2. The minimum Gasteiger partial charge on any atom is -0.387 e. The first-order chi connectivity index (χ1) is 14.4. The van der Waals surface area contributed by atoms with E-state index < -0.39 is 48.1 Å². The molecule has 0 fully saturated rings. The molecular weight excluding hydrogens is 427 g/mol. The van der Waals surface area contributed by atoms with Crippen LogP contribution in [0.4, 0.5) is 10.1 Å². The zero-order valence-corrected chi connectivity index (χ0v) is 18.6. The Morgan fingerprint density at radius 1 is 1.32 bits per heavy atom. The molecule has 0 aromatic heterocycles. The van der Waals surface area contributed by atoms with Crippen LogP contribution < -0.4 is 10.6 Å². The number of ether oxygens (including phenoxy) is 1. The van der Waals surface area contributed by atoms with Gasteiger partial charge in [0.15, 0.2) is 6.10 Å². The normalized spacial score (nSPS) is 20.9. The molecule has 0 radical (unpaired) electrons. The number of benzene rings is 1. The zero-order valence-electron chi connectivity index (χ0n) is 17.8. The number of aliphatic hydroxyl groups is 3. The van der Waals surface area contributed by atoms with Gasteiger partial charge in [-0.2, -0.15) is 0 Å². The number of methoxy groups -OCH3 is 1. The maximum Gasteiger partial charge on any atom is 0.252 e. The topological polar surface area (TPSA) is 128 Å². The molecule has 31 heavy (non-hydrogen) atoms. The Hall–Kier alpha value is -1.98. The fourth-order valence-corrected chi connectivity index (χ4v) is 3.90. The summed E-state index contributed by atoms with van der Waals surface area (Å²) >= 11 is 1.19. The lowest BCUT2D eigenvalue weighted by Crippen LogP contribution is -2.55. The van der Waals surface area contributed by atoms with Crippen LogP contribution in [0.15, 0.2) is 35.2 Å². The largest absolute Gasteiger partial charge is 0.387 e. The molecule has 1 aliphatic rings. The summed E-state index contributed by atoms with van der Waals surface area (Å²) in [6.45, 7) is 5.68. The SMILES string of the molecule is CO[C@@H](C(=O)NC1CSc2cccc(F)c2NC1=O)[C@H](O)[C@@H](O)[C@H](O)/C=C/C(C)(C)C. The molecule has 5 atom stereocenters. The third-order valence-electron chi connectivity index (χ3n) is 4.58. The molecule has 10 heteroatoms. The van der Waals surface area contributed by atoms with Crippen molar-refractivity contribution in [1.29, 1.82) is 0 Å². The number of thioether (sulfide) groups is 1. The van der Waals surface area contributed by atoms with Gasteiger partial charge in [0.2, 0.25) is 5.91 Å². The minimum atomic E-state index is -1.76. The third kappa shape index (κ3) is 6.75. The molecule has 1 aliphatic heterocycles. The monoisotopic (exact) mass is 456 g/mol. The van der Waals surface area contributed by atoms with E-state index in [2.05, 4.69) is 10.6 Å². The molecule has 8 nitrogen and oxygen atoms in total. The smallest absolute Gasteiger partial charge is 0.252 e. The van der Waals surface area contributed by atoms with Crippen LogP contribution in [0, 0.1) is 11.2 Å². The molecule has 172 valence electrons. The summed E-state index contributed by atoms with van der Waals surface area (Å²) in [5.74, 6) is -1.94. The lowest BCUT2D eigenvalue weighted by atomic mass is 9.94. The maximum atomic E-state index is 14.0. The Kier molecular flexibility index (Phi) is 8.61. The lowest BCUT2D eigenvalue weighted by Gasteiger charge is -2.28. The average molecular weight is 457 g/mol. The Balaban J connectivity index is 2.06. The molecule has 1 aromatic carbocycles. The van der Waals surface area contributed by atoms with E-state index in [0.717, 1.165) is 7.11 Å². The highest BCUT2D eigenvalue weighted by molar-refractivity contribution is 7.99. The molecule has 1 unspecified atom stereocenters. The van der Waals surface area contributed by atoms with Crippen molar-refractivity contribution >= 4 is 29.3 Å². The minimum absolute atomic E-state index is 0.0433. The fraction of sp³-hybridized carbons (Fsp3) is 0.524. The van der Waals surface area contributed by atoms with Crippen LogP contribution in [-0.4, -0.2) is 70.5 Å². The first-order valence-electron chi connectivity index (χ1n) is 9.73. The Morgan fingerprint density at radius 3 is 2.61 bits per heavy atom. The number of hydrogen-bond donors (Lipinski definition) is 5. The van der Waals surface area contributed by atoms with Crippen molar-refractivity contribution < 1.29 is 34.0 Å². The first kappa shape index (κ1) is 25.3. The summed E-state index contributed by atoms with van der Waals surface area (Å²) < 4.78 is 19.0. The van der Waals surface area contributed by atoms with Gasteiger partial charge in [0.1, 0.15) is 30.2 Å². The molecule has 5 N–H and O–H groups in total. The van der Waals surface area contributed by atoms with Crippen molar-refractivity contribution in [3.05, 3.63) is 36.2 Å². The molecule has 0 spiro atoms. The van der Waals surface area contributed by atoms with Gasteiger partial charge >= 0.3 is 0 Å². The van der Waals surface area contributed by atoms with Crippen LogP contribution in [0.1, 0.15) is 20.8 Å². The predicted molar refractivity (Wildman–Crippen MR) is 115 cm³/mol. The molecule has 1 heterocycles. The van der Waals surface area contributed by atoms with Gasteiger partial charge in [-0.15, -0.1) is 11.8 Å². The van der Waals surface area contributed by atoms with Crippen LogP contribution in [-0.2, 0) is 14.3 Å². The van der Waals surface area contributed by atoms with Crippen LogP contribution in [0.5, 0.6) is 0 Å². The van der Waals surface area contributed by atoms with E-state index in [1.165, 1.54) is 30.0 Å². The van der Waals surface area contributed by atoms with E-state index in [1.807, 2.05) is 20.8 Å². The van der Waals surface area contributed by atoms with Crippen LogP contribution in [0.2, 0.25) is 0 Å². The van der Waals surface area contributed by atoms with E-state index >= 15 is 0 Å². The van der Waals surface area contributed by atoms with Crippen LogP contribution in [0.3, 0.4) is 0 Å². The Morgan fingerprint density at radius 2 is 2.00 bits per heavy atom. The van der Waals surface area contributed by atoms with E-state index in [0.29, 0.717) is 4.90 Å². The lowest BCUT2D eigenvalue weighted by molar-refractivity contribution is -0.150. The predicted octanol–water partition coefficient (Wildman–Crippen LogP) is 1.05. The summed E-state index contributed by atoms with van der Waals surface area (Å²) in [4.78, 5) is 25.6. The van der Waals surface area contributed by atoms with Gasteiger partial charge in [-0.3, -0.25) is 9.59 Å². The molecular formula is C21H29FN2O6S. The molecule has 0 saturated carbocycles. The molecule has 0 bridgehead atoms. The standard InChI is InChI=1S/C21H29FN2O6S/c1-21(2,3)9-8-13(25)16(26)17(27)18(30-4)20(29)23-12-10-31-14-7-5-6-11(22)15(14)24-19(12)28/h5-9,12-13,16-18,25-27H,10H2,1-4H3,(H,23,29)(H,24,28)/b9-8+/t12?,13-,16+,17-,18-/m1/s1. The third-order valence-corrected chi connectivity index (χ3v) is 5.73. The second-order valence-corrected chi connectivity index (χ2v) is 9.39. The van der Waals surface area contributed by atoms with Gasteiger partial charge in [0.05, 0.1) is 5.69 Å². The van der Waals surface area contributed by atoms with E-state index in [9.17, 15) is 29.3 Å². The number of hydrogen-bond acceptors (Lipinski definition) is 7. The highest BCUT2D eigenvalue weighted by atomic mass is 32.2. The summed E-state index contributed by atoms with van der Waals surface area (Å²) in [5, 5.41) is 35.7. The number of amides is 2. The molecule has 2 rings (SSSR count). The number of allylic oxidation sites excluding steroid dienone is 1. The van der Waals surface area contributed by atoms with Gasteiger partial charge in [-0.05, 0) is 17.5 Å². The average Bonchev–Trinajstić information content (AvgIpc) is 2.85. The number of para-hydroxylation sites is 1. The Labute approximate surface area is 184 Å². The number of anilines is 1. The summed E-state index contributed by atoms with van der Waals surface area (Å²) in [7, 11) is 1.16. The van der Waals surface area contributed by atoms with Crippen molar-refractivity contribution in [3.63, 3.8) is 0 Å². The summed E-state index contributed by atoms with van der Waals surface area (Å²) in [6, 6.07) is 3.36. The fourth-order valence-electron chi connectivity index (χ4n) is 2.85. The van der Waals surface area contributed by atoms with Crippen molar-refractivity contribution in [2.75, 3.05) is 18.2 Å². The van der Waals surface area contributed by atoms with Gasteiger partial charge in [-0.25, -0.2) is 4.39 Å². The first-order valence-corrected chi connectivity index (χ1v) is 10.7. The number of aliphatic hydroxyl groups excluding tert-OH is 3. The maximum absolute atomic E-state index is 14.0. The van der Waals surface area contributed by atoms with Crippen LogP contribution in [0.25, 0.3) is 0 Å². The van der Waals surface area contributed by atoms with Gasteiger partial charge in [0.25, 0.3) is 5.91 Å². The van der Waals surface area contributed by atoms with Crippen molar-refractivity contribution in [3.8, 4) is 0 Å². The molecule has 1 aromatic rings. The second-order valence-electron chi connectivity index (χ2n) is 8.33. The highest BCUT2D eigenvalue weighted by Gasteiger charge is 2.37. The summed E-state index contributed by atoms with van der Waals surface area (Å²) in [5.41, 5.74) is -0.215. The van der Waals surface area contributed by atoms with Crippen molar-refractivity contribution in [2.45, 2.75) is 56.1 Å². The number of fused-ring (bicyclic) bond motifs is 1. The number of rotatable bonds is 7. The number of carbonyl (C=O) groups excluding carboxylic acids is 2. The van der Waals surface area contributed by atoms with Crippen molar-refractivity contribution in [1.82, 2.24) is 5.32 Å². The highest BCUT2D eigenvalue weighted by Crippen LogP contribution is 2.32. The van der Waals surface area contributed by atoms with Gasteiger partial charge in [0, 0.05) is 17.8 Å².